The number of likely N-dealkylation sites (N-methyl/N-ethyl adjacent to an activating group) is 1. The Hall–Kier alpha value is -0.650. The van der Waals surface area contributed by atoms with Gasteiger partial charge in [0.05, 0.1) is 6.04 Å². The number of nitrogens with two attached hydrogens (primary N) is 1. The van der Waals surface area contributed by atoms with Crippen LogP contribution in [0.5, 0.6) is 0 Å². The Morgan fingerprint density at radius 2 is 1.79 bits per heavy atom. The molecule has 1 aliphatic heterocycles. The SMILES string of the molecule is CCN(CC)C(=O)C(C)N1CCN(CCCN)CC1. The minimum Gasteiger partial charge on any atom is -0.342 e. The van der Waals surface area contributed by atoms with E-state index in [4.69, 9.17) is 5.73 Å². The third-order valence-electron chi connectivity index (χ3n) is 4.07. The zero-order chi connectivity index (χ0) is 14.3. The largest absolute Gasteiger partial charge is 0.342 e. The molecule has 0 aromatic carbocycles. The van der Waals surface area contributed by atoms with Crippen LogP contribution in [0.15, 0.2) is 0 Å². The highest BCUT2D eigenvalue weighted by atomic mass is 16.2. The lowest BCUT2D eigenvalue weighted by Gasteiger charge is -2.38. The molecule has 0 aromatic rings. The lowest BCUT2D eigenvalue weighted by atomic mass is 10.2. The topological polar surface area (TPSA) is 52.8 Å². The second-order valence-electron chi connectivity index (χ2n) is 5.21. The van der Waals surface area contributed by atoms with Crippen molar-refractivity contribution in [1.82, 2.24) is 14.7 Å². The average molecular weight is 270 g/mol. The van der Waals surface area contributed by atoms with E-state index in [1.807, 2.05) is 25.7 Å². The van der Waals surface area contributed by atoms with Gasteiger partial charge in [0.15, 0.2) is 0 Å². The highest BCUT2D eigenvalue weighted by Crippen LogP contribution is 2.09. The van der Waals surface area contributed by atoms with Crippen LogP contribution >= 0.6 is 0 Å². The fourth-order valence-corrected chi connectivity index (χ4v) is 2.64. The zero-order valence-electron chi connectivity index (χ0n) is 12.8. The number of nitrogens with zero attached hydrogens (tertiary/aromatic N) is 3. The summed E-state index contributed by atoms with van der Waals surface area (Å²) < 4.78 is 0. The van der Waals surface area contributed by atoms with E-state index in [-0.39, 0.29) is 11.9 Å². The summed E-state index contributed by atoms with van der Waals surface area (Å²) in [5.74, 6) is 0.264. The molecule has 1 fully saturated rings. The summed E-state index contributed by atoms with van der Waals surface area (Å²) in [6, 6.07) is 0.0107. The Morgan fingerprint density at radius 3 is 2.26 bits per heavy atom. The van der Waals surface area contributed by atoms with Crippen molar-refractivity contribution in [3.63, 3.8) is 0 Å². The van der Waals surface area contributed by atoms with Crippen LogP contribution in [0.1, 0.15) is 27.2 Å². The van der Waals surface area contributed by atoms with Gasteiger partial charge in [-0.2, -0.15) is 0 Å². The van der Waals surface area contributed by atoms with Gasteiger partial charge in [0.1, 0.15) is 0 Å². The standard InChI is InChI=1S/C14H30N4O/c1-4-17(5-2)14(19)13(3)18-11-9-16(10-12-18)8-6-7-15/h13H,4-12,15H2,1-3H3. The monoisotopic (exact) mass is 270 g/mol. The fraction of sp³-hybridized carbons (Fsp3) is 0.929. The number of hydrogen-bond donors (Lipinski definition) is 1. The van der Waals surface area contributed by atoms with E-state index in [0.29, 0.717) is 0 Å². The number of rotatable bonds is 7. The molecule has 2 N–H and O–H groups in total. The fourth-order valence-electron chi connectivity index (χ4n) is 2.64. The quantitative estimate of drug-likeness (QED) is 0.718. The van der Waals surface area contributed by atoms with Gasteiger partial charge in [-0.15, -0.1) is 0 Å². The highest BCUT2D eigenvalue weighted by molar-refractivity contribution is 5.81. The van der Waals surface area contributed by atoms with Crippen molar-refractivity contribution in [3.8, 4) is 0 Å². The first kappa shape index (κ1) is 16.4. The van der Waals surface area contributed by atoms with Crippen molar-refractivity contribution in [2.24, 2.45) is 5.73 Å². The molecular formula is C14H30N4O. The Kier molecular flexibility index (Phi) is 7.34. The first-order valence-corrected chi connectivity index (χ1v) is 7.59. The molecule has 1 unspecified atom stereocenters. The van der Waals surface area contributed by atoms with Gasteiger partial charge in [-0.1, -0.05) is 0 Å². The third kappa shape index (κ3) is 4.75. The minimum absolute atomic E-state index is 0.0107. The molecule has 1 atom stereocenters. The molecule has 0 saturated carbocycles. The van der Waals surface area contributed by atoms with E-state index in [9.17, 15) is 4.79 Å². The molecule has 0 spiro atoms. The molecule has 1 amide bonds. The Labute approximate surface area is 117 Å². The van der Waals surface area contributed by atoms with Crippen LogP contribution in [0.4, 0.5) is 0 Å². The second-order valence-corrected chi connectivity index (χ2v) is 5.21. The van der Waals surface area contributed by atoms with E-state index in [1.165, 1.54) is 0 Å². The number of amides is 1. The van der Waals surface area contributed by atoms with Crippen molar-refractivity contribution < 1.29 is 4.79 Å². The molecule has 0 aromatic heterocycles. The normalized spacial score (nSPS) is 19.4. The maximum atomic E-state index is 12.3. The van der Waals surface area contributed by atoms with Gasteiger partial charge in [-0.05, 0) is 40.3 Å². The summed E-state index contributed by atoms with van der Waals surface area (Å²) in [7, 11) is 0. The predicted molar refractivity (Wildman–Crippen MR) is 79.1 cm³/mol. The van der Waals surface area contributed by atoms with Crippen LogP contribution in [0.3, 0.4) is 0 Å². The van der Waals surface area contributed by atoms with Gasteiger partial charge in [0.25, 0.3) is 0 Å². The smallest absolute Gasteiger partial charge is 0.239 e. The first-order chi connectivity index (χ1) is 9.13. The van der Waals surface area contributed by atoms with Crippen LogP contribution in [0, 0.1) is 0 Å². The molecule has 112 valence electrons. The summed E-state index contributed by atoms with van der Waals surface area (Å²) in [6.07, 6.45) is 1.06. The zero-order valence-corrected chi connectivity index (χ0v) is 12.8. The van der Waals surface area contributed by atoms with Crippen molar-refractivity contribution in [3.05, 3.63) is 0 Å². The Balaban J connectivity index is 2.39. The molecule has 0 aliphatic carbocycles. The molecule has 1 saturated heterocycles. The van der Waals surface area contributed by atoms with E-state index < -0.39 is 0 Å². The van der Waals surface area contributed by atoms with E-state index in [2.05, 4.69) is 9.80 Å². The summed E-state index contributed by atoms with van der Waals surface area (Å²) >= 11 is 0. The van der Waals surface area contributed by atoms with E-state index >= 15 is 0 Å². The van der Waals surface area contributed by atoms with E-state index in [0.717, 1.165) is 58.8 Å². The predicted octanol–water partition coefficient (Wildman–Crippen LogP) is 0.210. The highest BCUT2D eigenvalue weighted by Gasteiger charge is 2.27. The van der Waals surface area contributed by atoms with Crippen LogP contribution < -0.4 is 5.73 Å². The number of piperazine rings is 1. The Bertz CT molecular complexity index is 260. The molecular weight excluding hydrogens is 240 g/mol. The molecule has 5 heteroatoms. The number of carbonyl (C=O) groups excluding carboxylic acids is 1. The van der Waals surface area contributed by atoms with Crippen LogP contribution in [0.2, 0.25) is 0 Å². The summed E-state index contributed by atoms with van der Waals surface area (Å²) in [5, 5.41) is 0. The van der Waals surface area contributed by atoms with Crippen molar-refractivity contribution in [2.75, 3.05) is 52.4 Å². The minimum atomic E-state index is 0.0107. The maximum Gasteiger partial charge on any atom is 0.239 e. The molecule has 5 nitrogen and oxygen atoms in total. The summed E-state index contributed by atoms with van der Waals surface area (Å²) in [4.78, 5) is 19.0. The molecule has 0 bridgehead atoms. The van der Waals surface area contributed by atoms with E-state index in [1.54, 1.807) is 0 Å². The van der Waals surface area contributed by atoms with Crippen molar-refractivity contribution in [2.45, 2.75) is 33.2 Å². The molecule has 1 aliphatic rings. The van der Waals surface area contributed by atoms with Crippen LogP contribution in [-0.4, -0.2) is 79.0 Å². The molecule has 1 rings (SSSR count). The van der Waals surface area contributed by atoms with Gasteiger partial charge in [-0.25, -0.2) is 0 Å². The molecule has 19 heavy (non-hydrogen) atoms. The van der Waals surface area contributed by atoms with Crippen molar-refractivity contribution >= 4 is 5.91 Å². The van der Waals surface area contributed by atoms with Gasteiger partial charge in [0, 0.05) is 39.3 Å². The lowest BCUT2D eigenvalue weighted by Crippen LogP contribution is -2.54. The summed E-state index contributed by atoms with van der Waals surface area (Å²) in [6.45, 7) is 13.6. The molecule has 0 radical (unpaired) electrons. The second kappa shape index (κ2) is 8.51. The van der Waals surface area contributed by atoms with Gasteiger partial charge in [0.2, 0.25) is 5.91 Å². The average Bonchev–Trinajstić information content (AvgIpc) is 2.46. The lowest BCUT2D eigenvalue weighted by molar-refractivity contribution is -0.136. The Morgan fingerprint density at radius 1 is 1.21 bits per heavy atom. The maximum absolute atomic E-state index is 12.3. The van der Waals surface area contributed by atoms with Gasteiger partial charge in [-0.3, -0.25) is 9.69 Å². The van der Waals surface area contributed by atoms with Crippen LogP contribution in [-0.2, 0) is 4.79 Å². The number of carbonyl (C=O) groups is 1. The van der Waals surface area contributed by atoms with Gasteiger partial charge >= 0.3 is 0 Å². The first-order valence-electron chi connectivity index (χ1n) is 7.59. The molecule has 1 heterocycles. The van der Waals surface area contributed by atoms with Gasteiger partial charge < -0.3 is 15.5 Å². The summed E-state index contributed by atoms with van der Waals surface area (Å²) in [5.41, 5.74) is 5.54. The third-order valence-corrected chi connectivity index (χ3v) is 4.07. The van der Waals surface area contributed by atoms with Crippen molar-refractivity contribution in [1.29, 1.82) is 0 Å². The van der Waals surface area contributed by atoms with Crippen LogP contribution in [0.25, 0.3) is 0 Å². The number of hydrogen-bond acceptors (Lipinski definition) is 4.